The first-order valence-corrected chi connectivity index (χ1v) is 6.22. The summed E-state index contributed by atoms with van der Waals surface area (Å²) in [5.74, 6) is -0.813. The first-order chi connectivity index (χ1) is 8.02. The average molecular weight is 255 g/mol. The topological polar surface area (TPSA) is 75.4 Å². The fourth-order valence-corrected chi connectivity index (χ4v) is 3.02. The van der Waals surface area contributed by atoms with Gasteiger partial charge < -0.3 is 10.0 Å². The molecule has 0 spiro atoms. The number of carboxylic acid groups (broad SMARTS) is 1. The van der Waals surface area contributed by atoms with Gasteiger partial charge in [-0.2, -0.15) is 5.10 Å². The quantitative estimate of drug-likeness (QED) is 0.828. The van der Waals surface area contributed by atoms with Crippen LogP contribution in [-0.2, 0) is 11.8 Å². The lowest BCUT2D eigenvalue weighted by Crippen LogP contribution is -2.45. The monoisotopic (exact) mass is 255 g/mol. The van der Waals surface area contributed by atoms with E-state index in [2.05, 4.69) is 5.10 Å². The molecule has 92 valence electrons. The first-order valence-electron chi connectivity index (χ1n) is 5.17. The summed E-state index contributed by atoms with van der Waals surface area (Å²) in [5.41, 5.74) is 0.408. The maximum atomic E-state index is 12.2. The van der Waals surface area contributed by atoms with E-state index in [-0.39, 0.29) is 11.3 Å². The van der Waals surface area contributed by atoms with Crippen molar-refractivity contribution in [1.82, 2.24) is 14.7 Å². The summed E-state index contributed by atoms with van der Waals surface area (Å²) in [6.07, 6.45) is 1.52. The summed E-state index contributed by atoms with van der Waals surface area (Å²) >= 11 is 1.47. The van der Waals surface area contributed by atoms with E-state index in [1.54, 1.807) is 13.1 Å². The number of carbonyl (C=O) groups is 2. The minimum absolute atomic E-state index is 0.126. The van der Waals surface area contributed by atoms with Crippen molar-refractivity contribution < 1.29 is 14.7 Å². The second-order valence-electron chi connectivity index (χ2n) is 3.84. The van der Waals surface area contributed by atoms with Crippen molar-refractivity contribution in [2.75, 3.05) is 5.75 Å². The number of thioether (sulfide) groups is 1. The number of hydrogen-bond donors (Lipinski definition) is 1. The summed E-state index contributed by atoms with van der Waals surface area (Å²) < 4.78 is 1.46. The van der Waals surface area contributed by atoms with Crippen LogP contribution in [0.5, 0.6) is 0 Å². The van der Waals surface area contributed by atoms with E-state index < -0.39 is 12.0 Å². The Kier molecular flexibility index (Phi) is 3.10. The fraction of sp³-hybridized carbons (Fsp3) is 0.500. The van der Waals surface area contributed by atoms with Crippen molar-refractivity contribution in [3.8, 4) is 0 Å². The van der Waals surface area contributed by atoms with E-state index in [0.29, 0.717) is 11.4 Å². The predicted octanol–water partition coefficient (Wildman–Crippen LogP) is 0.408. The molecule has 1 aromatic rings. The Labute approximate surface area is 103 Å². The largest absolute Gasteiger partial charge is 0.480 e. The predicted molar refractivity (Wildman–Crippen MR) is 62.7 cm³/mol. The van der Waals surface area contributed by atoms with Crippen molar-refractivity contribution in [3.05, 3.63) is 18.0 Å². The maximum absolute atomic E-state index is 12.2. The van der Waals surface area contributed by atoms with Crippen LogP contribution in [0.1, 0.15) is 17.4 Å². The number of aliphatic carboxylic acids is 1. The minimum Gasteiger partial charge on any atom is -0.480 e. The third-order valence-electron chi connectivity index (χ3n) is 2.78. The number of carbonyl (C=O) groups excluding carboxylic acids is 1. The third-order valence-corrected chi connectivity index (χ3v) is 4.00. The van der Waals surface area contributed by atoms with E-state index >= 15 is 0 Å². The Morgan fingerprint density at radius 3 is 2.82 bits per heavy atom. The van der Waals surface area contributed by atoms with Crippen LogP contribution >= 0.6 is 11.8 Å². The molecule has 0 aliphatic carbocycles. The number of aromatic nitrogens is 2. The molecule has 1 N–H and O–H groups in total. The molecule has 1 amide bonds. The van der Waals surface area contributed by atoms with Crippen LogP contribution in [0, 0.1) is 0 Å². The van der Waals surface area contributed by atoms with E-state index in [0.717, 1.165) is 0 Å². The van der Waals surface area contributed by atoms with Gasteiger partial charge in [0.15, 0.2) is 0 Å². The lowest BCUT2D eigenvalue weighted by molar-refractivity contribution is -0.141. The molecule has 2 heterocycles. The molecule has 1 fully saturated rings. The van der Waals surface area contributed by atoms with Crippen molar-refractivity contribution >= 4 is 23.6 Å². The van der Waals surface area contributed by atoms with Crippen molar-refractivity contribution in [2.45, 2.75) is 18.3 Å². The van der Waals surface area contributed by atoms with Crippen molar-refractivity contribution in [3.63, 3.8) is 0 Å². The van der Waals surface area contributed by atoms with Gasteiger partial charge in [-0.25, -0.2) is 4.79 Å². The summed E-state index contributed by atoms with van der Waals surface area (Å²) in [6.45, 7) is 1.84. The number of nitrogens with zero attached hydrogens (tertiary/aromatic N) is 3. The smallest absolute Gasteiger partial charge is 0.327 e. The van der Waals surface area contributed by atoms with Crippen LogP contribution in [0.25, 0.3) is 0 Å². The molecular formula is C10H13N3O3S. The van der Waals surface area contributed by atoms with Crippen molar-refractivity contribution in [1.29, 1.82) is 0 Å². The Morgan fingerprint density at radius 1 is 1.59 bits per heavy atom. The third kappa shape index (κ3) is 2.02. The van der Waals surface area contributed by atoms with Gasteiger partial charge in [0.25, 0.3) is 5.91 Å². The average Bonchev–Trinajstić information content (AvgIpc) is 2.83. The van der Waals surface area contributed by atoms with Gasteiger partial charge in [-0.1, -0.05) is 0 Å². The zero-order valence-corrected chi connectivity index (χ0v) is 10.3. The van der Waals surface area contributed by atoms with Gasteiger partial charge in [-0.15, -0.1) is 11.8 Å². The molecule has 0 radical (unpaired) electrons. The lowest BCUT2D eigenvalue weighted by atomic mass is 10.2. The highest BCUT2D eigenvalue weighted by Crippen LogP contribution is 2.30. The number of aryl methyl sites for hydroxylation is 1. The number of amides is 1. The molecular weight excluding hydrogens is 242 g/mol. The van der Waals surface area contributed by atoms with Gasteiger partial charge in [0.05, 0.1) is 5.37 Å². The van der Waals surface area contributed by atoms with Crippen molar-refractivity contribution in [2.24, 2.45) is 7.05 Å². The molecule has 2 atom stereocenters. The van der Waals surface area contributed by atoms with Crippen LogP contribution in [-0.4, -0.2) is 48.8 Å². The molecule has 1 aliphatic heterocycles. The zero-order chi connectivity index (χ0) is 12.6. The Hall–Kier alpha value is -1.50. The molecule has 0 bridgehead atoms. The standard InChI is InChI=1S/C10H13N3O3S/c1-6-13(8(5-17-6)10(15)16)9(14)7-3-4-11-12(7)2/h3-4,6,8H,5H2,1-2H3,(H,15,16). The van der Waals surface area contributed by atoms with E-state index in [4.69, 9.17) is 5.11 Å². The lowest BCUT2D eigenvalue weighted by Gasteiger charge is -2.24. The van der Waals surface area contributed by atoms with Gasteiger partial charge in [0, 0.05) is 19.0 Å². The first kappa shape index (κ1) is 12.0. The summed E-state index contributed by atoms with van der Waals surface area (Å²) in [4.78, 5) is 24.7. The number of carboxylic acids is 1. The number of rotatable bonds is 2. The molecule has 2 rings (SSSR count). The van der Waals surface area contributed by atoms with Crippen LogP contribution in [0.15, 0.2) is 12.3 Å². The molecule has 1 aliphatic rings. The normalized spacial score (nSPS) is 24.0. The summed E-state index contributed by atoms with van der Waals surface area (Å²) in [6, 6.07) is 0.842. The summed E-state index contributed by atoms with van der Waals surface area (Å²) in [5, 5.41) is 12.9. The molecule has 6 nitrogen and oxygen atoms in total. The second kappa shape index (κ2) is 4.40. The van der Waals surface area contributed by atoms with Gasteiger partial charge in [-0.05, 0) is 13.0 Å². The second-order valence-corrected chi connectivity index (χ2v) is 5.19. The Balaban J connectivity index is 2.29. The van der Waals surface area contributed by atoms with E-state index in [9.17, 15) is 9.59 Å². The molecule has 1 aromatic heterocycles. The molecule has 2 unspecified atom stereocenters. The van der Waals surface area contributed by atoms with Gasteiger partial charge in [0.2, 0.25) is 0 Å². The van der Waals surface area contributed by atoms with Gasteiger partial charge >= 0.3 is 5.97 Å². The molecule has 7 heteroatoms. The molecule has 17 heavy (non-hydrogen) atoms. The minimum atomic E-state index is -0.961. The highest BCUT2D eigenvalue weighted by molar-refractivity contribution is 8.00. The van der Waals surface area contributed by atoms with Gasteiger partial charge in [-0.3, -0.25) is 9.48 Å². The van der Waals surface area contributed by atoms with Crippen LogP contribution < -0.4 is 0 Å². The van der Waals surface area contributed by atoms with Crippen LogP contribution in [0.2, 0.25) is 0 Å². The highest BCUT2D eigenvalue weighted by Gasteiger charge is 2.40. The highest BCUT2D eigenvalue weighted by atomic mass is 32.2. The van der Waals surface area contributed by atoms with E-state index in [1.807, 2.05) is 6.92 Å². The zero-order valence-electron chi connectivity index (χ0n) is 9.53. The molecule has 0 saturated carbocycles. The maximum Gasteiger partial charge on any atom is 0.327 e. The Morgan fingerprint density at radius 2 is 2.29 bits per heavy atom. The molecule has 1 saturated heterocycles. The summed E-state index contributed by atoms with van der Waals surface area (Å²) in [7, 11) is 1.66. The van der Waals surface area contributed by atoms with Crippen LogP contribution in [0.4, 0.5) is 0 Å². The van der Waals surface area contributed by atoms with Gasteiger partial charge in [0.1, 0.15) is 11.7 Å². The van der Waals surface area contributed by atoms with E-state index in [1.165, 1.54) is 27.5 Å². The van der Waals surface area contributed by atoms with Crippen LogP contribution in [0.3, 0.4) is 0 Å². The Bertz CT molecular complexity index is 459. The number of hydrogen-bond acceptors (Lipinski definition) is 4. The fourth-order valence-electron chi connectivity index (χ4n) is 1.86. The molecule has 0 aromatic carbocycles. The SMILES string of the molecule is CC1SCC(C(=O)O)N1C(=O)c1ccnn1C.